The van der Waals surface area contributed by atoms with Gasteiger partial charge in [0.05, 0.1) is 0 Å². The number of aliphatic hydroxyl groups excluding tert-OH is 1. The van der Waals surface area contributed by atoms with Crippen molar-refractivity contribution >= 4 is 5.97 Å². The molecule has 2 bridgehead atoms. The zero-order chi connectivity index (χ0) is 8.82. The predicted octanol–water partition coefficient (Wildman–Crippen LogP) is -2.88. The van der Waals surface area contributed by atoms with Crippen molar-refractivity contribution in [2.24, 2.45) is 5.41 Å². The third-order valence-corrected chi connectivity index (χ3v) is 3.06. The van der Waals surface area contributed by atoms with Gasteiger partial charge >= 0.3 is 35.5 Å². The average molecular weight is 196 g/mol. The first-order valence-electron chi connectivity index (χ1n) is 4.11. The molecule has 3 aliphatic rings. The van der Waals surface area contributed by atoms with Gasteiger partial charge in [-0.3, -0.25) is 0 Å². The van der Waals surface area contributed by atoms with Crippen molar-refractivity contribution in [2.45, 2.75) is 24.9 Å². The minimum Gasteiger partial charge on any atom is -1.00 e. The SMILES string of the molecule is O=C(O)C12CC(CO)(CCO1)C2.[H-].[Na+]. The zero-order valence-corrected chi connectivity index (χ0v) is 9.75. The number of carboxylic acids is 1. The monoisotopic (exact) mass is 196 g/mol. The van der Waals surface area contributed by atoms with Gasteiger partial charge in [0.2, 0.25) is 0 Å². The Bertz CT molecular complexity index is 227. The molecule has 0 unspecified atom stereocenters. The minimum atomic E-state index is -0.957. The van der Waals surface area contributed by atoms with E-state index in [2.05, 4.69) is 0 Å². The summed E-state index contributed by atoms with van der Waals surface area (Å²) in [7, 11) is 0. The Morgan fingerprint density at radius 2 is 2.15 bits per heavy atom. The van der Waals surface area contributed by atoms with Crippen LogP contribution in [0.3, 0.4) is 0 Å². The Labute approximate surface area is 100 Å². The maximum Gasteiger partial charge on any atom is 1.00 e. The fourth-order valence-electron chi connectivity index (χ4n) is 2.31. The predicted molar refractivity (Wildman–Crippen MR) is 40.8 cm³/mol. The van der Waals surface area contributed by atoms with Gasteiger partial charge in [0.1, 0.15) is 0 Å². The summed E-state index contributed by atoms with van der Waals surface area (Å²) in [6.07, 6.45) is 1.75. The number of hydrogen-bond donors (Lipinski definition) is 2. The van der Waals surface area contributed by atoms with E-state index < -0.39 is 11.6 Å². The van der Waals surface area contributed by atoms with E-state index in [1.165, 1.54) is 0 Å². The fraction of sp³-hybridized carbons (Fsp3) is 0.875. The summed E-state index contributed by atoms with van der Waals surface area (Å²) >= 11 is 0. The Morgan fingerprint density at radius 3 is 2.62 bits per heavy atom. The molecule has 0 aromatic carbocycles. The summed E-state index contributed by atoms with van der Waals surface area (Å²) < 4.78 is 5.21. The van der Waals surface area contributed by atoms with E-state index in [0.717, 1.165) is 6.42 Å². The van der Waals surface area contributed by atoms with Gasteiger partial charge in [-0.2, -0.15) is 0 Å². The molecular formula is C8H13NaO4. The van der Waals surface area contributed by atoms with Crippen LogP contribution in [0.5, 0.6) is 0 Å². The first-order chi connectivity index (χ1) is 5.63. The van der Waals surface area contributed by atoms with Crippen molar-refractivity contribution < 1.29 is 50.7 Å². The summed E-state index contributed by atoms with van der Waals surface area (Å²) in [6.45, 7) is 0.554. The second kappa shape index (κ2) is 3.51. The van der Waals surface area contributed by atoms with Crippen molar-refractivity contribution in [1.82, 2.24) is 0 Å². The molecule has 0 aromatic heterocycles. The Balaban J connectivity index is 0.000000845. The third kappa shape index (κ3) is 1.55. The number of aliphatic hydroxyl groups is 1. The second-order valence-electron chi connectivity index (χ2n) is 3.91. The minimum absolute atomic E-state index is 0. The molecule has 70 valence electrons. The topological polar surface area (TPSA) is 66.8 Å². The molecule has 0 radical (unpaired) electrons. The van der Waals surface area contributed by atoms with Gasteiger partial charge in [-0.1, -0.05) is 0 Å². The van der Waals surface area contributed by atoms with Crippen LogP contribution < -0.4 is 29.6 Å². The first-order valence-corrected chi connectivity index (χ1v) is 4.11. The molecule has 13 heavy (non-hydrogen) atoms. The Hall–Kier alpha value is 0.390. The molecule has 5 heteroatoms. The van der Waals surface area contributed by atoms with Gasteiger partial charge in [0.15, 0.2) is 5.60 Å². The fourth-order valence-corrected chi connectivity index (χ4v) is 2.31. The number of hydrogen-bond acceptors (Lipinski definition) is 3. The summed E-state index contributed by atoms with van der Waals surface area (Å²) in [4.78, 5) is 10.8. The molecule has 0 amide bonds. The van der Waals surface area contributed by atoms with Crippen LogP contribution in [-0.2, 0) is 9.53 Å². The maximum absolute atomic E-state index is 10.8. The number of rotatable bonds is 2. The molecule has 0 atom stereocenters. The van der Waals surface area contributed by atoms with E-state index in [4.69, 9.17) is 14.9 Å². The largest absolute Gasteiger partial charge is 1.00 e. The van der Waals surface area contributed by atoms with Crippen LogP contribution in [-0.4, -0.2) is 35.0 Å². The van der Waals surface area contributed by atoms with Crippen LogP contribution in [0.4, 0.5) is 0 Å². The molecule has 2 N–H and O–H groups in total. The van der Waals surface area contributed by atoms with Gasteiger partial charge in [0, 0.05) is 18.6 Å². The molecule has 2 aliphatic heterocycles. The Morgan fingerprint density at radius 1 is 1.54 bits per heavy atom. The van der Waals surface area contributed by atoms with Gasteiger partial charge in [-0.15, -0.1) is 0 Å². The molecule has 1 aliphatic carbocycles. The summed E-state index contributed by atoms with van der Waals surface area (Å²) in [6, 6.07) is 0. The quantitative estimate of drug-likeness (QED) is 0.466. The van der Waals surface area contributed by atoms with Gasteiger partial charge in [0.25, 0.3) is 0 Å². The van der Waals surface area contributed by atoms with E-state index in [9.17, 15) is 4.79 Å². The molecule has 0 spiro atoms. The number of carboxylic acid groups (broad SMARTS) is 1. The number of aliphatic carboxylic acids is 1. The third-order valence-electron chi connectivity index (χ3n) is 3.06. The van der Waals surface area contributed by atoms with Crippen molar-refractivity contribution in [3.8, 4) is 0 Å². The maximum atomic E-state index is 10.8. The van der Waals surface area contributed by atoms with Crippen LogP contribution in [0.15, 0.2) is 0 Å². The van der Waals surface area contributed by atoms with E-state index in [0.29, 0.717) is 19.4 Å². The van der Waals surface area contributed by atoms with E-state index in [1.54, 1.807) is 0 Å². The number of ether oxygens (including phenoxy) is 1. The number of fused-ring (bicyclic) bond motifs is 2. The molecular weight excluding hydrogens is 183 g/mol. The van der Waals surface area contributed by atoms with Crippen molar-refractivity contribution in [2.75, 3.05) is 13.2 Å². The molecule has 4 nitrogen and oxygen atoms in total. The van der Waals surface area contributed by atoms with Gasteiger partial charge in [-0.25, -0.2) is 4.79 Å². The molecule has 2 saturated heterocycles. The van der Waals surface area contributed by atoms with Gasteiger partial charge in [-0.05, 0) is 19.3 Å². The Kier molecular flexibility index (Phi) is 3.10. The summed E-state index contributed by atoms with van der Waals surface area (Å²) in [5.74, 6) is -0.883. The van der Waals surface area contributed by atoms with E-state index >= 15 is 0 Å². The standard InChI is InChI=1S/C8H12O4.Na.H/c9-5-7-1-2-12-8(3-7,4-7)6(10)11;;/h9H,1-5H2,(H,10,11);;/q;+1;-1. The number of carbonyl (C=O) groups is 1. The van der Waals surface area contributed by atoms with Crippen molar-refractivity contribution in [3.05, 3.63) is 0 Å². The molecule has 1 saturated carbocycles. The zero-order valence-electron chi connectivity index (χ0n) is 8.75. The summed E-state index contributed by atoms with van der Waals surface area (Å²) in [5.41, 5.74) is -1.10. The van der Waals surface area contributed by atoms with Crippen molar-refractivity contribution in [1.29, 1.82) is 0 Å². The van der Waals surface area contributed by atoms with E-state index in [-0.39, 0.29) is 43.0 Å². The molecule has 2 heterocycles. The normalized spacial score (nSPS) is 41.6. The first kappa shape index (κ1) is 11.5. The van der Waals surface area contributed by atoms with Crippen LogP contribution in [0, 0.1) is 5.41 Å². The van der Waals surface area contributed by atoms with Crippen molar-refractivity contribution in [3.63, 3.8) is 0 Å². The smallest absolute Gasteiger partial charge is 1.00 e. The average Bonchev–Trinajstić information content (AvgIpc) is 2.03. The molecule has 0 aromatic rings. The molecule has 3 rings (SSSR count). The van der Waals surface area contributed by atoms with Crippen LogP contribution in [0.25, 0.3) is 0 Å². The van der Waals surface area contributed by atoms with Crippen LogP contribution >= 0.6 is 0 Å². The van der Waals surface area contributed by atoms with Gasteiger partial charge < -0.3 is 16.4 Å². The van der Waals surface area contributed by atoms with Crippen LogP contribution in [0.2, 0.25) is 0 Å². The van der Waals surface area contributed by atoms with E-state index in [1.807, 2.05) is 0 Å². The summed E-state index contributed by atoms with van der Waals surface area (Å²) in [5, 5.41) is 17.9. The van der Waals surface area contributed by atoms with Crippen LogP contribution in [0.1, 0.15) is 20.7 Å². The second-order valence-corrected chi connectivity index (χ2v) is 3.91. The molecule has 3 fully saturated rings.